The summed E-state index contributed by atoms with van der Waals surface area (Å²) in [7, 11) is 0. The van der Waals surface area contributed by atoms with E-state index in [-0.39, 0.29) is 5.78 Å². The van der Waals surface area contributed by atoms with Gasteiger partial charge < -0.3 is 10.6 Å². The first kappa shape index (κ1) is 23.0. The molecular weight excluding hydrogens is 473 g/mol. The van der Waals surface area contributed by atoms with E-state index in [4.69, 9.17) is 0 Å². The number of thiol groups is 2. The van der Waals surface area contributed by atoms with E-state index >= 15 is 0 Å². The number of hydrogen-bond acceptors (Lipinski definition) is 7. The molecule has 0 amide bonds. The van der Waals surface area contributed by atoms with Gasteiger partial charge in [0.15, 0.2) is 0 Å². The number of rotatable bonds is 10. The lowest BCUT2D eigenvalue weighted by molar-refractivity contribution is 0.104. The van der Waals surface area contributed by atoms with E-state index in [9.17, 15) is 4.79 Å². The monoisotopic (exact) mass is 496 g/mol. The fraction of sp³-hybridized carbons (Fsp3) is 0.160. The molecule has 0 radical (unpaired) electrons. The summed E-state index contributed by atoms with van der Waals surface area (Å²) >= 11 is 12.0. The Morgan fingerprint density at radius 2 is 1.12 bits per heavy atom. The van der Waals surface area contributed by atoms with Crippen LogP contribution >= 0.6 is 47.9 Å². The molecule has 4 rings (SSSR count). The Kier molecular flexibility index (Phi) is 7.97. The van der Waals surface area contributed by atoms with Gasteiger partial charge in [-0.15, -0.1) is 47.9 Å². The molecule has 0 spiro atoms. The first-order chi connectivity index (χ1) is 15.6. The van der Waals surface area contributed by atoms with E-state index in [2.05, 4.69) is 48.0 Å². The molecule has 7 heteroatoms. The van der Waals surface area contributed by atoms with Crippen molar-refractivity contribution in [3.05, 3.63) is 92.3 Å². The lowest BCUT2D eigenvalue weighted by Gasteiger charge is -2.10. The normalized spacial score (nSPS) is 10.8. The summed E-state index contributed by atoms with van der Waals surface area (Å²) in [6.07, 6.45) is 1.57. The Balaban J connectivity index is 1.38. The van der Waals surface area contributed by atoms with E-state index < -0.39 is 0 Å². The summed E-state index contributed by atoms with van der Waals surface area (Å²) in [5.74, 6) is 0.129. The Morgan fingerprint density at radius 3 is 1.56 bits per heavy atom. The number of benzene rings is 2. The van der Waals surface area contributed by atoms with E-state index in [0.717, 1.165) is 68.0 Å². The van der Waals surface area contributed by atoms with E-state index in [1.807, 2.05) is 59.3 Å². The average molecular weight is 497 g/mol. The number of anilines is 2. The summed E-state index contributed by atoms with van der Waals surface area (Å²) in [6.45, 7) is 1.50. The SMILES string of the molecule is O=C(c1sccc1CCNc1ccccc1S)c1sccc1CCNc1ccccc1S. The molecule has 0 saturated carbocycles. The molecule has 0 bridgehead atoms. The molecule has 4 aromatic rings. The van der Waals surface area contributed by atoms with Crippen molar-refractivity contribution < 1.29 is 4.79 Å². The number of ketones is 1. The van der Waals surface area contributed by atoms with Gasteiger partial charge in [0.2, 0.25) is 5.78 Å². The first-order valence-corrected chi connectivity index (χ1v) is 13.0. The minimum absolute atomic E-state index is 0.129. The van der Waals surface area contributed by atoms with E-state index in [0.29, 0.717) is 0 Å². The average Bonchev–Trinajstić information content (AvgIpc) is 3.46. The smallest absolute Gasteiger partial charge is 0.213 e. The van der Waals surface area contributed by atoms with Gasteiger partial charge in [-0.3, -0.25) is 4.79 Å². The Morgan fingerprint density at radius 1 is 0.688 bits per heavy atom. The summed E-state index contributed by atoms with van der Waals surface area (Å²) in [5, 5.41) is 10.8. The maximum Gasteiger partial charge on any atom is 0.213 e. The van der Waals surface area contributed by atoms with Gasteiger partial charge in [0.25, 0.3) is 0 Å². The number of hydrogen-bond donors (Lipinski definition) is 4. The van der Waals surface area contributed by atoms with Crippen LogP contribution in [0.15, 0.2) is 81.2 Å². The van der Waals surface area contributed by atoms with Crippen LogP contribution in [-0.2, 0) is 12.8 Å². The van der Waals surface area contributed by atoms with Gasteiger partial charge in [-0.05, 0) is 71.1 Å². The molecule has 164 valence electrons. The highest BCUT2D eigenvalue weighted by atomic mass is 32.1. The third-order valence-corrected chi connectivity index (χ3v) is 7.82. The molecule has 0 aliphatic carbocycles. The maximum absolute atomic E-state index is 13.3. The predicted octanol–water partition coefficient (Wildman–Crippen LogP) is 6.93. The van der Waals surface area contributed by atoms with Crippen LogP contribution in [-0.4, -0.2) is 18.9 Å². The largest absolute Gasteiger partial charge is 0.384 e. The van der Waals surface area contributed by atoms with E-state index in [1.165, 1.54) is 22.7 Å². The van der Waals surface area contributed by atoms with Crippen molar-refractivity contribution in [1.29, 1.82) is 0 Å². The molecule has 3 nitrogen and oxygen atoms in total. The molecule has 2 heterocycles. The van der Waals surface area contributed by atoms with Crippen LogP contribution in [0.5, 0.6) is 0 Å². The highest BCUT2D eigenvalue weighted by molar-refractivity contribution is 7.80. The van der Waals surface area contributed by atoms with Crippen molar-refractivity contribution in [3.8, 4) is 0 Å². The molecule has 32 heavy (non-hydrogen) atoms. The van der Waals surface area contributed by atoms with Crippen molar-refractivity contribution in [2.45, 2.75) is 22.6 Å². The summed E-state index contributed by atoms with van der Waals surface area (Å²) < 4.78 is 0. The minimum atomic E-state index is 0.129. The van der Waals surface area contributed by atoms with Crippen molar-refractivity contribution in [2.24, 2.45) is 0 Å². The van der Waals surface area contributed by atoms with Crippen LogP contribution in [0.4, 0.5) is 11.4 Å². The Hall–Kier alpha value is -2.19. The predicted molar refractivity (Wildman–Crippen MR) is 144 cm³/mol. The zero-order valence-corrected chi connectivity index (χ0v) is 20.8. The molecule has 2 aromatic heterocycles. The van der Waals surface area contributed by atoms with Crippen molar-refractivity contribution >= 4 is 65.1 Å². The zero-order valence-electron chi connectivity index (χ0n) is 17.4. The van der Waals surface area contributed by atoms with Crippen molar-refractivity contribution in [3.63, 3.8) is 0 Å². The van der Waals surface area contributed by atoms with E-state index in [1.54, 1.807) is 0 Å². The van der Waals surface area contributed by atoms with Gasteiger partial charge in [0.05, 0.1) is 9.75 Å². The number of para-hydroxylation sites is 2. The van der Waals surface area contributed by atoms with Crippen molar-refractivity contribution in [1.82, 2.24) is 0 Å². The minimum Gasteiger partial charge on any atom is -0.384 e. The topological polar surface area (TPSA) is 41.1 Å². The summed E-state index contributed by atoms with van der Waals surface area (Å²) in [5.41, 5.74) is 4.20. The van der Waals surface area contributed by atoms with Crippen LogP contribution < -0.4 is 10.6 Å². The Bertz CT molecular complexity index is 1110. The molecular formula is C25H24N2OS4. The fourth-order valence-electron chi connectivity index (χ4n) is 3.48. The number of thiophene rings is 2. The highest BCUT2D eigenvalue weighted by Gasteiger charge is 2.19. The van der Waals surface area contributed by atoms with Crippen LogP contribution in [0.1, 0.15) is 25.7 Å². The zero-order chi connectivity index (χ0) is 22.3. The lowest BCUT2D eigenvalue weighted by Crippen LogP contribution is -2.10. The van der Waals surface area contributed by atoms with Gasteiger partial charge in [0, 0.05) is 34.3 Å². The molecule has 0 atom stereocenters. The van der Waals surface area contributed by atoms with Crippen molar-refractivity contribution in [2.75, 3.05) is 23.7 Å². The molecule has 0 aliphatic rings. The molecule has 0 aliphatic heterocycles. The van der Waals surface area contributed by atoms with Crippen LogP contribution in [0.3, 0.4) is 0 Å². The second-order valence-electron chi connectivity index (χ2n) is 7.27. The van der Waals surface area contributed by atoms with Gasteiger partial charge in [-0.25, -0.2) is 0 Å². The molecule has 0 unspecified atom stereocenters. The second-order valence-corrected chi connectivity index (χ2v) is 10.1. The van der Waals surface area contributed by atoms with Gasteiger partial charge in [-0.2, -0.15) is 0 Å². The highest BCUT2D eigenvalue weighted by Crippen LogP contribution is 2.27. The molecule has 0 saturated heterocycles. The number of nitrogens with one attached hydrogen (secondary N) is 2. The van der Waals surface area contributed by atoms with Crippen LogP contribution in [0, 0.1) is 0 Å². The van der Waals surface area contributed by atoms with Gasteiger partial charge >= 0.3 is 0 Å². The standard InChI is InChI=1S/C25H24N2OS4/c28-23(24-17(11-15-31-24)9-13-26-19-5-1-3-7-21(19)29)25-18(12-16-32-25)10-14-27-20-6-2-4-8-22(20)30/h1-8,11-12,15-16,26-27,29-30H,9-10,13-14H2. The summed E-state index contributed by atoms with van der Waals surface area (Å²) in [6, 6.07) is 20.0. The molecule has 2 N–H and O–H groups in total. The lowest BCUT2D eigenvalue weighted by atomic mass is 10.1. The number of carbonyl (C=O) groups excluding carboxylic acids is 1. The third-order valence-electron chi connectivity index (χ3n) is 5.13. The van der Waals surface area contributed by atoms with Gasteiger partial charge in [0.1, 0.15) is 0 Å². The van der Waals surface area contributed by atoms with Crippen LogP contribution in [0.25, 0.3) is 0 Å². The summed E-state index contributed by atoms with van der Waals surface area (Å²) in [4.78, 5) is 16.9. The third kappa shape index (κ3) is 5.59. The second kappa shape index (κ2) is 11.1. The first-order valence-electron chi connectivity index (χ1n) is 10.3. The number of carbonyl (C=O) groups is 1. The van der Waals surface area contributed by atoms with Crippen LogP contribution in [0.2, 0.25) is 0 Å². The fourth-order valence-corrected chi connectivity index (χ4v) is 5.82. The molecule has 0 fully saturated rings. The Labute approximate surface area is 207 Å². The van der Waals surface area contributed by atoms with Gasteiger partial charge in [-0.1, -0.05) is 24.3 Å². The molecule has 2 aromatic carbocycles. The maximum atomic E-state index is 13.3. The quantitative estimate of drug-likeness (QED) is 0.142.